The lowest BCUT2D eigenvalue weighted by molar-refractivity contribution is 0.0975. The number of amides is 1. The van der Waals surface area contributed by atoms with E-state index in [0.29, 0.717) is 12.2 Å². The van der Waals surface area contributed by atoms with Gasteiger partial charge in [-0.2, -0.15) is 0 Å². The van der Waals surface area contributed by atoms with Crippen LogP contribution in [0.5, 0.6) is 5.75 Å². The molecule has 1 aliphatic rings. The van der Waals surface area contributed by atoms with Crippen LogP contribution in [0.3, 0.4) is 0 Å². The standard InChI is InChI=1S/C24H24N2O2/c1-4-28-20-13-10-18(11-14-20)23-25-22-8-6-5-7-21(22)24(27)26(23)19-12-9-16(2)17(3)15-19/h5-15,23,25H,4H2,1-3H3. The van der Waals surface area contributed by atoms with Gasteiger partial charge in [-0.05, 0) is 73.9 Å². The number of hydrogen-bond acceptors (Lipinski definition) is 3. The Kier molecular flexibility index (Phi) is 4.78. The van der Waals surface area contributed by atoms with Crippen molar-refractivity contribution in [1.29, 1.82) is 0 Å². The first-order valence-corrected chi connectivity index (χ1v) is 9.57. The number of anilines is 2. The minimum absolute atomic E-state index is 0.00325. The van der Waals surface area contributed by atoms with E-state index < -0.39 is 0 Å². The maximum Gasteiger partial charge on any atom is 0.262 e. The number of carbonyl (C=O) groups is 1. The summed E-state index contributed by atoms with van der Waals surface area (Å²) in [6, 6.07) is 21.7. The minimum Gasteiger partial charge on any atom is -0.494 e. The van der Waals surface area contributed by atoms with E-state index in [-0.39, 0.29) is 12.1 Å². The molecular weight excluding hydrogens is 348 g/mol. The number of aryl methyl sites for hydroxylation is 2. The second-order valence-electron chi connectivity index (χ2n) is 7.04. The summed E-state index contributed by atoms with van der Waals surface area (Å²) in [5, 5.41) is 3.54. The molecule has 0 saturated carbocycles. The average Bonchev–Trinajstić information content (AvgIpc) is 2.71. The molecule has 142 valence electrons. The molecule has 0 aromatic heterocycles. The van der Waals surface area contributed by atoms with E-state index in [2.05, 4.69) is 31.3 Å². The van der Waals surface area contributed by atoms with Gasteiger partial charge in [0.05, 0.1) is 12.2 Å². The summed E-state index contributed by atoms with van der Waals surface area (Å²) in [5.41, 5.74) is 5.79. The van der Waals surface area contributed by atoms with Crippen molar-refractivity contribution in [3.8, 4) is 5.75 Å². The van der Waals surface area contributed by atoms with Crippen LogP contribution in [-0.4, -0.2) is 12.5 Å². The maximum atomic E-state index is 13.4. The lowest BCUT2D eigenvalue weighted by Crippen LogP contribution is -2.43. The van der Waals surface area contributed by atoms with Crippen molar-refractivity contribution in [2.75, 3.05) is 16.8 Å². The third-order valence-electron chi connectivity index (χ3n) is 5.20. The molecule has 3 aromatic carbocycles. The zero-order valence-electron chi connectivity index (χ0n) is 16.4. The molecule has 4 heteroatoms. The molecule has 4 nitrogen and oxygen atoms in total. The van der Waals surface area contributed by atoms with Gasteiger partial charge in [-0.15, -0.1) is 0 Å². The summed E-state index contributed by atoms with van der Waals surface area (Å²) in [7, 11) is 0. The average molecular weight is 372 g/mol. The molecule has 1 aliphatic heterocycles. The third kappa shape index (κ3) is 3.22. The summed E-state index contributed by atoms with van der Waals surface area (Å²) >= 11 is 0. The largest absolute Gasteiger partial charge is 0.494 e. The van der Waals surface area contributed by atoms with Gasteiger partial charge in [-0.25, -0.2) is 0 Å². The summed E-state index contributed by atoms with van der Waals surface area (Å²) in [6.07, 6.45) is -0.291. The normalized spacial score (nSPS) is 15.8. The molecule has 1 atom stereocenters. The number of hydrogen-bond donors (Lipinski definition) is 1. The number of para-hydroxylation sites is 1. The lowest BCUT2D eigenvalue weighted by atomic mass is 10.0. The fourth-order valence-corrected chi connectivity index (χ4v) is 3.54. The number of nitrogens with zero attached hydrogens (tertiary/aromatic N) is 1. The van der Waals surface area contributed by atoms with E-state index in [1.54, 1.807) is 0 Å². The first-order chi connectivity index (χ1) is 13.6. The molecule has 28 heavy (non-hydrogen) atoms. The molecular formula is C24H24N2O2. The van der Waals surface area contributed by atoms with Crippen molar-refractivity contribution >= 4 is 17.3 Å². The Hall–Kier alpha value is -3.27. The number of benzene rings is 3. The van der Waals surface area contributed by atoms with Gasteiger partial charge >= 0.3 is 0 Å². The number of nitrogens with one attached hydrogen (secondary N) is 1. The van der Waals surface area contributed by atoms with Gasteiger partial charge in [0.15, 0.2) is 0 Å². The Morgan fingerprint density at radius 1 is 0.964 bits per heavy atom. The van der Waals surface area contributed by atoms with Gasteiger partial charge in [0.25, 0.3) is 5.91 Å². The fraction of sp³-hybridized carbons (Fsp3) is 0.208. The first kappa shape index (κ1) is 18.1. The third-order valence-corrected chi connectivity index (χ3v) is 5.20. The summed E-state index contributed by atoms with van der Waals surface area (Å²) in [4.78, 5) is 15.3. The van der Waals surface area contributed by atoms with Crippen molar-refractivity contribution in [3.63, 3.8) is 0 Å². The summed E-state index contributed by atoms with van der Waals surface area (Å²) < 4.78 is 5.56. The molecule has 0 spiro atoms. The second kappa shape index (κ2) is 7.39. The molecule has 0 radical (unpaired) electrons. The molecule has 1 heterocycles. The number of ether oxygens (including phenoxy) is 1. The fourth-order valence-electron chi connectivity index (χ4n) is 3.54. The highest BCUT2D eigenvalue weighted by molar-refractivity contribution is 6.12. The van der Waals surface area contributed by atoms with Crippen molar-refractivity contribution in [2.24, 2.45) is 0 Å². The van der Waals surface area contributed by atoms with E-state index in [9.17, 15) is 4.79 Å². The first-order valence-electron chi connectivity index (χ1n) is 9.57. The van der Waals surface area contributed by atoms with Crippen LogP contribution in [-0.2, 0) is 0 Å². The van der Waals surface area contributed by atoms with Crippen molar-refractivity contribution in [3.05, 3.63) is 89.0 Å². The van der Waals surface area contributed by atoms with Crippen LogP contribution in [0.1, 0.15) is 40.1 Å². The molecule has 0 bridgehead atoms. The van der Waals surface area contributed by atoms with Gasteiger partial charge < -0.3 is 10.1 Å². The number of fused-ring (bicyclic) bond motifs is 1. The molecule has 1 N–H and O–H groups in total. The van der Waals surface area contributed by atoms with E-state index in [4.69, 9.17) is 4.74 Å². The molecule has 0 fully saturated rings. The van der Waals surface area contributed by atoms with Crippen molar-refractivity contribution in [1.82, 2.24) is 0 Å². The van der Waals surface area contributed by atoms with Crippen molar-refractivity contribution < 1.29 is 9.53 Å². The molecule has 1 unspecified atom stereocenters. The van der Waals surface area contributed by atoms with Gasteiger partial charge in [-0.3, -0.25) is 9.69 Å². The van der Waals surface area contributed by atoms with Gasteiger partial charge in [0.2, 0.25) is 0 Å². The Morgan fingerprint density at radius 2 is 1.71 bits per heavy atom. The molecule has 4 rings (SSSR count). The summed E-state index contributed by atoms with van der Waals surface area (Å²) in [6.45, 7) is 6.74. The van der Waals surface area contributed by atoms with Crippen LogP contribution in [0, 0.1) is 13.8 Å². The second-order valence-corrected chi connectivity index (χ2v) is 7.04. The SMILES string of the molecule is CCOc1ccc(C2Nc3ccccc3C(=O)N2c2ccc(C)c(C)c2)cc1. The van der Waals surface area contributed by atoms with Crippen LogP contribution in [0.15, 0.2) is 66.7 Å². The highest BCUT2D eigenvalue weighted by Gasteiger charge is 2.34. The molecule has 3 aromatic rings. The van der Waals surface area contributed by atoms with Crippen LogP contribution < -0.4 is 15.0 Å². The lowest BCUT2D eigenvalue weighted by Gasteiger charge is -2.38. The quantitative estimate of drug-likeness (QED) is 0.660. The minimum atomic E-state index is -0.291. The van der Waals surface area contributed by atoms with Gasteiger partial charge in [0.1, 0.15) is 11.9 Å². The maximum absolute atomic E-state index is 13.4. The highest BCUT2D eigenvalue weighted by Crippen LogP contribution is 2.37. The monoisotopic (exact) mass is 372 g/mol. The zero-order chi connectivity index (χ0) is 19.7. The van der Waals surface area contributed by atoms with E-state index in [0.717, 1.165) is 28.3 Å². The Bertz CT molecular complexity index is 1010. The predicted octanol–water partition coefficient (Wildman–Crippen LogP) is 5.47. The van der Waals surface area contributed by atoms with Crippen LogP contribution in [0.25, 0.3) is 0 Å². The Labute approximate surface area is 165 Å². The molecule has 1 amide bonds. The smallest absolute Gasteiger partial charge is 0.262 e. The van der Waals surface area contributed by atoms with Gasteiger partial charge in [0, 0.05) is 11.4 Å². The zero-order valence-corrected chi connectivity index (χ0v) is 16.4. The van der Waals surface area contributed by atoms with Crippen LogP contribution in [0.2, 0.25) is 0 Å². The topological polar surface area (TPSA) is 41.6 Å². The highest BCUT2D eigenvalue weighted by atomic mass is 16.5. The molecule has 0 aliphatic carbocycles. The Morgan fingerprint density at radius 3 is 2.43 bits per heavy atom. The van der Waals surface area contributed by atoms with E-state index in [1.807, 2.05) is 66.4 Å². The number of rotatable bonds is 4. The Balaban J connectivity index is 1.81. The van der Waals surface area contributed by atoms with Crippen molar-refractivity contribution in [2.45, 2.75) is 26.9 Å². The predicted molar refractivity (Wildman–Crippen MR) is 113 cm³/mol. The number of carbonyl (C=O) groups excluding carboxylic acids is 1. The summed E-state index contributed by atoms with van der Waals surface area (Å²) in [5.74, 6) is 0.822. The van der Waals surface area contributed by atoms with Crippen LogP contribution in [0.4, 0.5) is 11.4 Å². The van der Waals surface area contributed by atoms with Crippen LogP contribution >= 0.6 is 0 Å². The van der Waals surface area contributed by atoms with Gasteiger partial charge in [-0.1, -0.05) is 30.3 Å². The van der Waals surface area contributed by atoms with E-state index >= 15 is 0 Å². The van der Waals surface area contributed by atoms with E-state index in [1.165, 1.54) is 5.56 Å². The molecule has 0 saturated heterocycles.